The molecule has 0 bridgehead atoms. The lowest BCUT2D eigenvalue weighted by molar-refractivity contribution is -0.139. The van der Waals surface area contributed by atoms with Crippen molar-refractivity contribution in [3.8, 4) is 23.0 Å². The van der Waals surface area contributed by atoms with Crippen LogP contribution in [0.25, 0.3) is 11.5 Å². The molecule has 1 amide bonds. The van der Waals surface area contributed by atoms with Crippen LogP contribution in [0, 0.1) is 6.92 Å². The summed E-state index contributed by atoms with van der Waals surface area (Å²) in [4.78, 5) is 16.7. The molecule has 2 aromatic rings. The van der Waals surface area contributed by atoms with Gasteiger partial charge in [0.1, 0.15) is 5.76 Å². The molecule has 0 spiro atoms. The van der Waals surface area contributed by atoms with Crippen LogP contribution in [0.2, 0.25) is 0 Å². The zero-order chi connectivity index (χ0) is 21.9. The fraction of sp³-hybridized carbons (Fsp3) is 0.524. The first-order valence-electron chi connectivity index (χ1n) is 9.78. The van der Waals surface area contributed by atoms with Gasteiger partial charge in [-0.15, -0.1) is 11.8 Å². The molecule has 0 aliphatic carbocycles. The molecule has 0 radical (unpaired) electrons. The van der Waals surface area contributed by atoms with Gasteiger partial charge < -0.3 is 28.7 Å². The Bertz CT molecular complexity index is 805. The number of nitrogens with one attached hydrogen (secondary N) is 1. The summed E-state index contributed by atoms with van der Waals surface area (Å²) in [7, 11) is 3.17. The van der Waals surface area contributed by atoms with Crippen LogP contribution in [0.4, 0.5) is 0 Å². The summed E-state index contributed by atoms with van der Waals surface area (Å²) in [6, 6.07) is 5.50. The van der Waals surface area contributed by atoms with Gasteiger partial charge in [-0.25, -0.2) is 4.98 Å². The van der Waals surface area contributed by atoms with E-state index in [1.165, 1.54) is 11.8 Å². The first-order chi connectivity index (χ1) is 14.5. The minimum absolute atomic E-state index is 0.0781. The van der Waals surface area contributed by atoms with Crippen molar-refractivity contribution in [1.82, 2.24) is 10.3 Å². The van der Waals surface area contributed by atoms with Crippen molar-refractivity contribution in [1.29, 1.82) is 0 Å². The highest BCUT2D eigenvalue weighted by atomic mass is 32.2. The lowest BCUT2D eigenvalue weighted by Crippen LogP contribution is -2.36. The van der Waals surface area contributed by atoms with Crippen LogP contribution in [0.3, 0.4) is 0 Å². The fourth-order valence-electron chi connectivity index (χ4n) is 2.68. The lowest BCUT2D eigenvalue weighted by Gasteiger charge is -2.17. The number of carbonyl (C=O) groups excluding carboxylic acids is 1. The highest BCUT2D eigenvalue weighted by molar-refractivity contribution is 7.99. The van der Waals surface area contributed by atoms with Crippen molar-refractivity contribution in [3.63, 3.8) is 0 Å². The smallest absolute Gasteiger partial charge is 0.230 e. The molecule has 2 rings (SSSR count). The maximum atomic E-state index is 12.1. The second-order valence-corrected chi connectivity index (χ2v) is 7.21. The van der Waals surface area contributed by atoms with Crippen LogP contribution >= 0.6 is 11.8 Å². The molecule has 0 aliphatic heterocycles. The Labute approximate surface area is 181 Å². The second kappa shape index (κ2) is 12.5. The quantitative estimate of drug-likeness (QED) is 0.476. The van der Waals surface area contributed by atoms with Crippen molar-refractivity contribution in [3.05, 3.63) is 29.7 Å². The van der Waals surface area contributed by atoms with Crippen molar-refractivity contribution in [2.24, 2.45) is 0 Å². The van der Waals surface area contributed by atoms with Crippen LogP contribution in [-0.2, 0) is 20.0 Å². The first-order valence-corrected chi connectivity index (χ1v) is 10.9. The number of rotatable bonds is 13. The monoisotopic (exact) mass is 438 g/mol. The third-order valence-electron chi connectivity index (χ3n) is 4.17. The summed E-state index contributed by atoms with van der Waals surface area (Å²) in [5.41, 5.74) is 1.60. The highest BCUT2D eigenvalue weighted by Gasteiger charge is 2.15. The molecule has 0 fully saturated rings. The lowest BCUT2D eigenvalue weighted by atomic mass is 10.2. The molecule has 0 atom stereocenters. The Balaban J connectivity index is 1.88. The van der Waals surface area contributed by atoms with E-state index >= 15 is 0 Å². The molecule has 0 aliphatic rings. The maximum absolute atomic E-state index is 12.1. The van der Waals surface area contributed by atoms with Gasteiger partial charge in [0.15, 0.2) is 17.8 Å². The van der Waals surface area contributed by atoms with Crippen molar-refractivity contribution >= 4 is 17.7 Å². The number of carbonyl (C=O) groups is 1. The van der Waals surface area contributed by atoms with Gasteiger partial charge >= 0.3 is 0 Å². The van der Waals surface area contributed by atoms with Gasteiger partial charge in [0.05, 0.1) is 32.2 Å². The van der Waals surface area contributed by atoms with Gasteiger partial charge in [0.25, 0.3) is 0 Å². The van der Waals surface area contributed by atoms with E-state index in [9.17, 15) is 4.79 Å². The maximum Gasteiger partial charge on any atom is 0.230 e. The molecule has 1 aromatic carbocycles. The number of aryl methyl sites for hydroxylation is 1. The molecule has 0 unspecified atom stereocenters. The molecule has 30 heavy (non-hydrogen) atoms. The molecular formula is C21H30N2O6S. The standard InChI is InChI=1S/C21H30N2O6S/c1-6-27-20(28-7-2)11-22-19(24)13-30-12-16-14(3)29-21(23-16)15-8-9-17(25-4)18(10-15)26-5/h8-10,20H,6-7,11-13H2,1-5H3,(H,22,24). The van der Waals surface area contributed by atoms with E-state index in [0.717, 1.165) is 17.0 Å². The van der Waals surface area contributed by atoms with Crippen molar-refractivity contribution < 1.29 is 28.2 Å². The zero-order valence-electron chi connectivity index (χ0n) is 18.1. The summed E-state index contributed by atoms with van der Waals surface area (Å²) in [6.45, 7) is 7.03. The number of benzene rings is 1. The van der Waals surface area contributed by atoms with Gasteiger partial charge in [-0.3, -0.25) is 4.79 Å². The van der Waals surface area contributed by atoms with Crippen LogP contribution in [0.1, 0.15) is 25.3 Å². The molecular weight excluding hydrogens is 408 g/mol. The number of thioether (sulfide) groups is 1. The molecule has 166 valence electrons. The van der Waals surface area contributed by atoms with Gasteiger partial charge in [0, 0.05) is 24.5 Å². The highest BCUT2D eigenvalue weighted by Crippen LogP contribution is 2.33. The molecule has 1 heterocycles. The van der Waals surface area contributed by atoms with E-state index < -0.39 is 6.29 Å². The van der Waals surface area contributed by atoms with Gasteiger partial charge in [0.2, 0.25) is 11.8 Å². The molecule has 8 nitrogen and oxygen atoms in total. The minimum Gasteiger partial charge on any atom is -0.493 e. The van der Waals surface area contributed by atoms with E-state index in [1.807, 2.05) is 39.0 Å². The second-order valence-electron chi connectivity index (χ2n) is 6.23. The average Bonchev–Trinajstić information content (AvgIpc) is 3.12. The summed E-state index contributed by atoms with van der Waals surface area (Å²) >= 11 is 1.47. The predicted octanol–water partition coefficient (Wildman–Crippen LogP) is 3.42. The Morgan fingerprint density at radius 3 is 2.50 bits per heavy atom. The number of ether oxygens (including phenoxy) is 4. The van der Waals surface area contributed by atoms with Gasteiger partial charge in [-0.05, 0) is 39.0 Å². The Morgan fingerprint density at radius 2 is 1.87 bits per heavy atom. The summed E-state index contributed by atoms with van der Waals surface area (Å²) in [5.74, 6) is 3.27. The van der Waals surface area contributed by atoms with Crippen LogP contribution < -0.4 is 14.8 Å². The number of methoxy groups -OCH3 is 2. The van der Waals surface area contributed by atoms with Crippen LogP contribution in [-0.4, -0.2) is 56.9 Å². The van der Waals surface area contributed by atoms with Crippen LogP contribution in [0.15, 0.2) is 22.6 Å². The van der Waals surface area contributed by atoms with E-state index in [-0.39, 0.29) is 5.91 Å². The van der Waals surface area contributed by atoms with E-state index in [2.05, 4.69) is 10.3 Å². The molecule has 0 saturated heterocycles. The summed E-state index contributed by atoms with van der Waals surface area (Å²) < 4.78 is 27.2. The largest absolute Gasteiger partial charge is 0.493 e. The third-order valence-corrected chi connectivity index (χ3v) is 5.11. The topological polar surface area (TPSA) is 92.1 Å². The van der Waals surface area contributed by atoms with E-state index in [4.69, 9.17) is 23.4 Å². The number of oxazole rings is 1. The molecule has 0 saturated carbocycles. The minimum atomic E-state index is -0.421. The van der Waals surface area contributed by atoms with Gasteiger partial charge in [-0.2, -0.15) is 0 Å². The van der Waals surface area contributed by atoms with Crippen molar-refractivity contribution in [2.75, 3.05) is 39.7 Å². The zero-order valence-corrected chi connectivity index (χ0v) is 19.0. The Hall–Kier alpha value is -2.23. The number of aromatic nitrogens is 1. The third kappa shape index (κ3) is 6.93. The average molecular weight is 439 g/mol. The first kappa shape index (κ1) is 24.0. The number of hydrogen-bond donors (Lipinski definition) is 1. The number of amides is 1. The molecule has 1 aromatic heterocycles. The number of hydrogen-bond acceptors (Lipinski definition) is 8. The Kier molecular flexibility index (Phi) is 9.99. The number of nitrogens with zero attached hydrogens (tertiary/aromatic N) is 1. The SMILES string of the molecule is CCOC(CNC(=O)CSCc1nc(-c2ccc(OC)c(OC)c2)oc1C)OCC. The van der Waals surface area contributed by atoms with E-state index in [0.29, 0.717) is 48.7 Å². The van der Waals surface area contributed by atoms with Crippen LogP contribution in [0.5, 0.6) is 11.5 Å². The fourth-order valence-corrected chi connectivity index (χ4v) is 3.53. The van der Waals surface area contributed by atoms with Crippen molar-refractivity contribution in [2.45, 2.75) is 32.8 Å². The van der Waals surface area contributed by atoms with Gasteiger partial charge in [-0.1, -0.05) is 0 Å². The van der Waals surface area contributed by atoms with E-state index in [1.54, 1.807) is 14.2 Å². The summed E-state index contributed by atoms with van der Waals surface area (Å²) in [6.07, 6.45) is -0.421. The molecule has 9 heteroatoms. The summed E-state index contributed by atoms with van der Waals surface area (Å²) in [5, 5.41) is 2.83. The predicted molar refractivity (Wildman–Crippen MR) is 116 cm³/mol. The normalized spacial score (nSPS) is 11.0. The Morgan fingerprint density at radius 1 is 1.17 bits per heavy atom. The molecule has 1 N–H and O–H groups in total.